The fourth-order valence-electron chi connectivity index (χ4n) is 1.77. The number of halogens is 2. The van der Waals surface area contributed by atoms with Gasteiger partial charge in [0.1, 0.15) is 5.75 Å². The van der Waals surface area contributed by atoms with Crippen LogP contribution in [0.1, 0.15) is 11.1 Å². The van der Waals surface area contributed by atoms with Crippen LogP contribution in [-0.2, 0) is 13.0 Å². The number of hydrogen-bond donors (Lipinski definition) is 1. The predicted octanol–water partition coefficient (Wildman–Crippen LogP) is 2.76. The van der Waals surface area contributed by atoms with E-state index in [1.165, 1.54) is 5.56 Å². The lowest BCUT2D eigenvalue weighted by atomic mass is 10.1. The van der Waals surface area contributed by atoms with Crippen molar-refractivity contribution in [1.29, 1.82) is 0 Å². The third kappa shape index (κ3) is 2.65. The van der Waals surface area contributed by atoms with Crippen molar-refractivity contribution in [3.63, 3.8) is 0 Å². The molecule has 0 aromatic heterocycles. The summed E-state index contributed by atoms with van der Waals surface area (Å²) in [6.45, 7) is 2.54. The van der Waals surface area contributed by atoms with Crippen molar-refractivity contribution in [2.45, 2.75) is 13.0 Å². The monoisotopic (exact) mass is 289 g/mol. The van der Waals surface area contributed by atoms with Crippen LogP contribution in [0.3, 0.4) is 0 Å². The molecule has 1 aromatic rings. The van der Waals surface area contributed by atoms with Crippen LogP contribution in [0.5, 0.6) is 5.75 Å². The zero-order valence-electron chi connectivity index (χ0n) is 8.35. The molecule has 0 saturated heterocycles. The van der Waals surface area contributed by atoms with Crippen molar-refractivity contribution in [2.24, 2.45) is 0 Å². The SMILES string of the molecule is Clc1cc2c(c(CNCCBr)c1)OCC2. The average Bonchev–Trinajstić information content (AvgIpc) is 2.65. The van der Waals surface area contributed by atoms with Crippen molar-refractivity contribution < 1.29 is 4.74 Å². The number of benzene rings is 1. The summed E-state index contributed by atoms with van der Waals surface area (Å²) in [5, 5.41) is 5.08. The number of fused-ring (bicyclic) bond motifs is 1. The molecule has 1 heterocycles. The fourth-order valence-corrected chi connectivity index (χ4v) is 2.31. The predicted molar refractivity (Wildman–Crippen MR) is 66.2 cm³/mol. The summed E-state index contributed by atoms with van der Waals surface area (Å²) in [5.74, 6) is 1.03. The maximum atomic E-state index is 6.05. The van der Waals surface area contributed by atoms with Crippen molar-refractivity contribution in [1.82, 2.24) is 5.32 Å². The number of hydrogen-bond acceptors (Lipinski definition) is 2. The summed E-state index contributed by atoms with van der Waals surface area (Å²) in [6, 6.07) is 3.98. The van der Waals surface area contributed by atoms with E-state index in [0.29, 0.717) is 0 Å². The van der Waals surface area contributed by atoms with E-state index >= 15 is 0 Å². The van der Waals surface area contributed by atoms with Gasteiger partial charge in [0.15, 0.2) is 0 Å². The average molecular weight is 291 g/mol. The Hall–Kier alpha value is -0.250. The van der Waals surface area contributed by atoms with Gasteiger partial charge in [-0.05, 0) is 17.7 Å². The number of ether oxygens (including phenoxy) is 1. The maximum absolute atomic E-state index is 6.05. The van der Waals surface area contributed by atoms with E-state index in [4.69, 9.17) is 16.3 Å². The summed E-state index contributed by atoms with van der Waals surface area (Å²) in [4.78, 5) is 0. The van der Waals surface area contributed by atoms with Gasteiger partial charge in [-0.1, -0.05) is 27.5 Å². The minimum absolute atomic E-state index is 0.779. The zero-order valence-corrected chi connectivity index (χ0v) is 10.7. The Morgan fingerprint density at radius 1 is 1.47 bits per heavy atom. The van der Waals surface area contributed by atoms with Crippen molar-refractivity contribution in [3.8, 4) is 5.75 Å². The molecule has 1 aromatic carbocycles. The lowest BCUT2D eigenvalue weighted by molar-refractivity contribution is 0.352. The summed E-state index contributed by atoms with van der Waals surface area (Å²) < 4.78 is 5.60. The van der Waals surface area contributed by atoms with E-state index in [1.807, 2.05) is 12.1 Å². The molecule has 2 nitrogen and oxygen atoms in total. The topological polar surface area (TPSA) is 21.3 Å². The molecule has 2 rings (SSSR count). The Morgan fingerprint density at radius 3 is 3.13 bits per heavy atom. The van der Waals surface area contributed by atoms with E-state index in [1.54, 1.807) is 0 Å². The van der Waals surface area contributed by atoms with Crippen LogP contribution in [0.15, 0.2) is 12.1 Å². The highest BCUT2D eigenvalue weighted by Crippen LogP contribution is 2.32. The molecule has 1 N–H and O–H groups in total. The molecular weight excluding hydrogens is 277 g/mol. The minimum Gasteiger partial charge on any atom is -0.493 e. The molecule has 1 aliphatic heterocycles. The largest absolute Gasteiger partial charge is 0.493 e. The Labute approximate surface area is 103 Å². The van der Waals surface area contributed by atoms with Crippen molar-refractivity contribution in [3.05, 3.63) is 28.3 Å². The molecule has 0 spiro atoms. The van der Waals surface area contributed by atoms with E-state index in [2.05, 4.69) is 21.2 Å². The van der Waals surface area contributed by atoms with Gasteiger partial charge >= 0.3 is 0 Å². The minimum atomic E-state index is 0.779. The third-order valence-electron chi connectivity index (χ3n) is 2.41. The summed E-state index contributed by atoms with van der Waals surface area (Å²) in [5.41, 5.74) is 2.40. The van der Waals surface area contributed by atoms with Crippen LogP contribution in [0.2, 0.25) is 5.02 Å². The van der Waals surface area contributed by atoms with Gasteiger partial charge in [0.25, 0.3) is 0 Å². The lowest BCUT2D eigenvalue weighted by Crippen LogP contribution is -2.16. The quantitative estimate of drug-likeness (QED) is 0.680. The van der Waals surface area contributed by atoms with Crippen LogP contribution >= 0.6 is 27.5 Å². The van der Waals surface area contributed by atoms with Gasteiger partial charge in [-0.15, -0.1) is 0 Å². The molecular formula is C11H13BrClNO. The molecule has 82 valence electrons. The van der Waals surface area contributed by atoms with E-state index in [-0.39, 0.29) is 0 Å². The Bertz CT molecular complexity index is 357. The number of alkyl halides is 1. The molecule has 0 saturated carbocycles. The molecule has 0 aliphatic carbocycles. The maximum Gasteiger partial charge on any atom is 0.127 e. The summed E-state index contributed by atoms with van der Waals surface area (Å²) in [7, 11) is 0. The highest BCUT2D eigenvalue weighted by molar-refractivity contribution is 9.09. The molecule has 4 heteroatoms. The van der Waals surface area contributed by atoms with Gasteiger partial charge < -0.3 is 10.1 Å². The van der Waals surface area contributed by atoms with E-state index in [9.17, 15) is 0 Å². The molecule has 0 atom stereocenters. The summed E-state index contributed by atoms with van der Waals surface area (Å²) in [6.07, 6.45) is 0.974. The van der Waals surface area contributed by atoms with E-state index < -0.39 is 0 Å². The Balaban J connectivity index is 2.15. The van der Waals surface area contributed by atoms with Crippen molar-refractivity contribution in [2.75, 3.05) is 18.5 Å². The molecule has 0 fully saturated rings. The van der Waals surface area contributed by atoms with Gasteiger partial charge in [-0.3, -0.25) is 0 Å². The highest BCUT2D eigenvalue weighted by atomic mass is 79.9. The van der Waals surface area contributed by atoms with Crippen LogP contribution in [0.4, 0.5) is 0 Å². The number of nitrogens with one attached hydrogen (secondary N) is 1. The molecule has 15 heavy (non-hydrogen) atoms. The van der Waals surface area contributed by atoms with Gasteiger partial charge in [0, 0.05) is 35.4 Å². The van der Waals surface area contributed by atoms with Gasteiger partial charge in [-0.25, -0.2) is 0 Å². The summed E-state index contributed by atoms with van der Waals surface area (Å²) >= 11 is 9.43. The van der Waals surface area contributed by atoms with Crippen LogP contribution in [-0.4, -0.2) is 18.5 Å². The highest BCUT2D eigenvalue weighted by Gasteiger charge is 2.16. The second-order valence-corrected chi connectivity index (χ2v) is 4.75. The second kappa shape index (κ2) is 5.19. The zero-order chi connectivity index (χ0) is 10.7. The normalized spacial score (nSPS) is 13.7. The molecule has 0 radical (unpaired) electrons. The standard InChI is InChI=1S/C11H13BrClNO/c12-2-3-14-7-9-6-10(13)5-8-1-4-15-11(8)9/h5-6,14H,1-4,7H2. The first-order valence-electron chi connectivity index (χ1n) is 5.02. The van der Waals surface area contributed by atoms with Crippen LogP contribution in [0, 0.1) is 0 Å². The fraction of sp³-hybridized carbons (Fsp3) is 0.455. The Morgan fingerprint density at radius 2 is 2.33 bits per heavy atom. The molecule has 0 amide bonds. The molecule has 0 bridgehead atoms. The van der Waals surface area contributed by atoms with Gasteiger partial charge in [-0.2, -0.15) is 0 Å². The third-order valence-corrected chi connectivity index (χ3v) is 3.03. The van der Waals surface area contributed by atoms with Crippen molar-refractivity contribution >= 4 is 27.5 Å². The molecule has 0 unspecified atom stereocenters. The van der Waals surface area contributed by atoms with Gasteiger partial charge in [0.05, 0.1) is 6.61 Å². The number of rotatable bonds is 4. The van der Waals surface area contributed by atoms with Crippen LogP contribution in [0.25, 0.3) is 0 Å². The Kier molecular flexibility index (Phi) is 3.89. The van der Waals surface area contributed by atoms with Gasteiger partial charge in [0.2, 0.25) is 0 Å². The second-order valence-electron chi connectivity index (χ2n) is 3.52. The first kappa shape index (κ1) is 11.2. The first-order valence-corrected chi connectivity index (χ1v) is 6.52. The van der Waals surface area contributed by atoms with E-state index in [0.717, 1.165) is 47.8 Å². The van der Waals surface area contributed by atoms with Crippen LogP contribution < -0.4 is 10.1 Å². The lowest BCUT2D eigenvalue weighted by Gasteiger charge is -2.09. The smallest absolute Gasteiger partial charge is 0.127 e. The molecule has 1 aliphatic rings. The first-order chi connectivity index (χ1) is 7.31.